The first-order valence-corrected chi connectivity index (χ1v) is 10.0. The maximum absolute atomic E-state index is 10.3. The van der Waals surface area contributed by atoms with E-state index in [2.05, 4.69) is 25.8 Å². The molecule has 1 aromatic heterocycles. The Morgan fingerprint density at radius 1 is 1.12 bits per heavy atom. The first-order chi connectivity index (χ1) is 12.2. The van der Waals surface area contributed by atoms with Gasteiger partial charge < -0.3 is 5.11 Å². The maximum Gasteiger partial charge on any atom is 0.0682 e. The third-order valence-electron chi connectivity index (χ3n) is 6.95. The zero-order chi connectivity index (χ0) is 16.9. The van der Waals surface area contributed by atoms with Gasteiger partial charge in [0.05, 0.1) is 11.6 Å². The van der Waals surface area contributed by atoms with Gasteiger partial charge >= 0.3 is 0 Å². The van der Waals surface area contributed by atoms with Crippen LogP contribution >= 0.6 is 0 Å². The van der Waals surface area contributed by atoms with Crippen molar-refractivity contribution < 1.29 is 5.11 Å². The minimum absolute atomic E-state index is 0.138. The number of piperazine rings is 1. The van der Waals surface area contributed by atoms with Gasteiger partial charge in [-0.05, 0) is 30.9 Å². The first kappa shape index (κ1) is 16.2. The number of rotatable bonds is 3. The predicted octanol–water partition coefficient (Wildman–Crippen LogP) is 1.33. The topological polar surface area (TPSA) is 42.8 Å². The summed E-state index contributed by atoms with van der Waals surface area (Å²) in [6.45, 7) is 6.48. The fourth-order valence-corrected chi connectivity index (χ4v) is 5.90. The van der Waals surface area contributed by atoms with Crippen LogP contribution in [0.15, 0.2) is 24.5 Å². The van der Waals surface area contributed by atoms with E-state index >= 15 is 0 Å². The maximum atomic E-state index is 10.3. The van der Waals surface area contributed by atoms with Crippen LogP contribution in [-0.4, -0.2) is 81.2 Å². The molecule has 3 aliphatic heterocycles. The fraction of sp³-hybridized carbons (Fsp3) is 0.750. The van der Waals surface area contributed by atoms with Crippen molar-refractivity contribution in [3.8, 4) is 0 Å². The molecule has 0 radical (unpaired) electrons. The lowest BCUT2D eigenvalue weighted by molar-refractivity contribution is -0.127. The van der Waals surface area contributed by atoms with Crippen molar-refractivity contribution in [1.82, 2.24) is 19.7 Å². The summed E-state index contributed by atoms with van der Waals surface area (Å²) in [6.07, 6.45) is 10.2. The number of hydrogen-bond donors (Lipinski definition) is 1. The van der Waals surface area contributed by atoms with Crippen molar-refractivity contribution in [3.63, 3.8) is 0 Å². The van der Waals surface area contributed by atoms with E-state index in [1.807, 2.05) is 18.5 Å². The van der Waals surface area contributed by atoms with E-state index in [-0.39, 0.29) is 11.6 Å². The summed E-state index contributed by atoms with van der Waals surface area (Å²) in [4.78, 5) is 12.3. The van der Waals surface area contributed by atoms with Crippen molar-refractivity contribution >= 4 is 0 Å². The van der Waals surface area contributed by atoms with Crippen LogP contribution in [0.1, 0.15) is 37.7 Å². The Bertz CT molecular complexity index is 597. The monoisotopic (exact) mass is 342 g/mol. The van der Waals surface area contributed by atoms with Gasteiger partial charge in [-0.25, -0.2) is 0 Å². The molecule has 1 spiro atoms. The number of hydrogen-bond acceptors (Lipinski definition) is 5. The molecule has 1 aromatic rings. The molecule has 25 heavy (non-hydrogen) atoms. The second kappa shape index (κ2) is 6.31. The number of likely N-dealkylation sites (tertiary alicyclic amines) is 1. The molecular formula is C20H30N4O. The number of fused-ring (bicyclic) bond motifs is 2. The smallest absolute Gasteiger partial charge is 0.0682 e. The van der Waals surface area contributed by atoms with Gasteiger partial charge in [0, 0.05) is 63.7 Å². The largest absolute Gasteiger partial charge is 0.392 e. The third-order valence-corrected chi connectivity index (χ3v) is 6.95. The van der Waals surface area contributed by atoms with Crippen LogP contribution in [-0.2, 0) is 6.54 Å². The Morgan fingerprint density at radius 2 is 1.96 bits per heavy atom. The number of aromatic nitrogens is 1. The Kier molecular flexibility index (Phi) is 4.08. The highest BCUT2D eigenvalue weighted by Gasteiger charge is 2.56. The fourth-order valence-electron chi connectivity index (χ4n) is 5.90. The number of pyridine rings is 1. The molecule has 2 atom stereocenters. The quantitative estimate of drug-likeness (QED) is 0.898. The van der Waals surface area contributed by atoms with Gasteiger partial charge in [0.15, 0.2) is 0 Å². The minimum Gasteiger partial charge on any atom is -0.392 e. The molecule has 0 aromatic carbocycles. The normalized spacial score (nSPS) is 33.6. The van der Waals surface area contributed by atoms with Crippen molar-refractivity contribution in [2.45, 2.75) is 62.4 Å². The highest BCUT2D eigenvalue weighted by molar-refractivity contribution is 5.16. The van der Waals surface area contributed by atoms with Crippen LogP contribution in [0, 0.1) is 0 Å². The Balaban J connectivity index is 1.32. The van der Waals surface area contributed by atoms with Gasteiger partial charge in [0.1, 0.15) is 0 Å². The Morgan fingerprint density at radius 3 is 2.72 bits per heavy atom. The van der Waals surface area contributed by atoms with Crippen LogP contribution in [0.4, 0.5) is 0 Å². The van der Waals surface area contributed by atoms with Gasteiger partial charge in [-0.15, -0.1) is 0 Å². The van der Waals surface area contributed by atoms with E-state index in [4.69, 9.17) is 0 Å². The van der Waals surface area contributed by atoms with Crippen molar-refractivity contribution in [2.75, 3.05) is 32.7 Å². The molecule has 1 aliphatic carbocycles. The molecule has 3 saturated heterocycles. The summed E-state index contributed by atoms with van der Waals surface area (Å²) in [5, 5.41) is 10.3. The van der Waals surface area contributed by atoms with Crippen molar-refractivity contribution in [3.05, 3.63) is 30.1 Å². The van der Waals surface area contributed by atoms with E-state index in [0.29, 0.717) is 6.04 Å². The van der Waals surface area contributed by atoms with Gasteiger partial charge in [-0.3, -0.25) is 19.7 Å². The molecule has 4 fully saturated rings. The molecule has 2 unspecified atom stereocenters. The highest BCUT2D eigenvalue weighted by atomic mass is 16.3. The lowest BCUT2D eigenvalue weighted by atomic mass is 9.82. The van der Waals surface area contributed by atoms with Gasteiger partial charge in [-0.1, -0.05) is 18.9 Å². The average molecular weight is 342 g/mol. The number of β-amino-alcohol motifs (C(OH)–C–C–N with tert-alkyl or cyclic N) is 1. The van der Waals surface area contributed by atoms with E-state index < -0.39 is 0 Å². The van der Waals surface area contributed by atoms with Crippen molar-refractivity contribution in [1.29, 1.82) is 0 Å². The molecular weight excluding hydrogens is 312 g/mol. The van der Waals surface area contributed by atoms with E-state index in [1.165, 1.54) is 44.3 Å². The molecule has 4 aliphatic rings. The zero-order valence-corrected chi connectivity index (χ0v) is 15.1. The molecule has 1 saturated carbocycles. The minimum atomic E-state index is -0.138. The van der Waals surface area contributed by atoms with Crippen LogP contribution in [0.25, 0.3) is 0 Å². The average Bonchev–Trinajstić information content (AvgIpc) is 3.21. The molecule has 0 bridgehead atoms. The predicted molar refractivity (Wildman–Crippen MR) is 97.2 cm³/mol. The number of nitrogens with zero attached hydrogens (tertiary/aromatic N) is 4. The molecule has 0 amide bonds. The Labute approximate surface area is 150 Å². The van der Waals surface area contributed by atoms with E-state index in [9.17, 15) is 5.11 Å². The molecule has 1 N–H and O–H groups in total. The second-order valence-electron chi connectivity index (χ2n) is 8.79. The molecule has 5 nitrogen and oxygen atoms in total. The van der Waals surface area contributed by atoms with E-state index in [0.717, 1.165) is 38.6 Å². The standard InChI is InChI=1S/C20H30N4O/c25-19-8-18-11-22(10-16-4-3-7-21-9-16)13-20(24(18)12-19)14-23(15-20)17-5-1-2-6-17/h3-4,7,9,17-19,25H,1-2,5-6,8,10-15H2. The van der Waals surface area contributed by atoms with Crippen LogP contribution in [0.5, 0.6) is 0 Å². The van der Waals surface area contributed by atoms with Crippen molar-refractivity contribution in [2.24, 2.45) is 0 Å². The van der Waals surface area contributed by atoms with Gasteiger partial charge in [0.2, 0.25) is 0 Å². The summed E-state index contributed by atoms with van der Waals surface area (Å²) < 4.78 is 0. The lowest BCUT2D eigenvalue weighted by Crippen LogP contribution is -2.78. The number of aliphatic hydroxyl groups excluding tert-OH is 1. The van der Waals surface area contributed by atoms with Crippen LogP contribution < -0.4 is 0 Å². The summed E-state index contributed by atoms with van der Waals surface area (Å²) in [5.74, 6) is 0. The molecule has 136 valence electrons. The third kappa shape index (κ3) is 2.91. The SMILES string of the molecule is OC1CC2CN(Cc3cccnc3)CC3(CN(C4CCCC4)C3)N2C1. The zero-order valence-electron chi connectivity index (χ0n) is 15.1. The first-order valence-electron chi connectivity index (χ1n) is 10.0. The second-order valence-corrected chi connectivity index (χ2v) is 8.79. The molecule has 5 rings (SSSR count). The van der Waals surface area contributed by atoms with Crippen LogP contribution in [0.3, 0.4) is 0 Å². The number of aliphatic hydroxyl groups is 1. The van der Waals surface area contributed by atoms with Crippen LogP contribution in [0.2, 0.25) is 0 Å². The van der Waals surface area contributed by atoms with E-state index in [1.54, 1.807) is 0 Å². The summed E-state index contributed by atoms with van der Waals surface area (Å²) >= 11 is 0. The van der Waals surface area contributed by atoms with Gasteiger partial charge in [-0.2, -0.15) is 0 Å². The summed E-state index contributed by atoms with van der Waals surface area (Å²) in [6, 6.07) is 5.56. The van der Waals surface area contributed by atoms with Gasteiger partial charge in [0.25, 0.3) is 0 Å². The lowest BCUT2D eigenvalue weighted by Gasteiger charge is -2.62. The highest BCUT2D eigenvalue weighted by Crippen LogP contribution is 2.41. The molecule has 4 heterocycles. The molecule has 5 heteroatoms. The summed E-state index contributed by atoms with van der Waals surface area (Å²) in [5.41, 5.74) is 1.57. The Hall–Kier alpha value is -1.01. The summed E-state index contributed by atoms with van der Waals surface area (Å²) in [7, 11) is 0.